The van der Waals surface area contributed by atoms with E-state index in [0.29, 0.717) is 0 Å². The Balaban J connectivity index is 1.77. The second-order valence-electron chi connectivity index (χ2n) is 4.96. The summed E-state index contributed by atoms with van der Waals surface area (Å²) in [5.74, 6) is 0. The van der Waals surface area contributed by atoms with Gasteiger partial charge in [0.25, 0.3) is 0 Å². The largest absolute Gasteiger partial charge is 0.295 e. The highest BCUT2D eigenvalue weighted by atomic mass is 15.3. The summed E-state index contributed by atoms with van der Waals surface area (Å²) < 4.78 is 0. The van der Waals surface area contributed by atoms with Crippen LogP contribution >= 0.6 is 0 Å². The van der Waals surface area contributed by atoms with Gasteiger partial charge in [0.2, 0.25) is 0 Å². The Morgan fingerprint density at radius 3 is 2.25 bits per heavy atom. The lowest BCUT2D eigenvalue weighted by molar-refractivity contribution is -0.0228. The van der Waals surface area contributed by atoms with Crippen molar-refractivity contribution in [2.45, 2.75) is 62.9 Å². The van der Waals surface area contributed by atoms with Crippen LogP contribution in [-0.2, 0) is 0 Å². The van der Waals surface area contributed by atoms with Crippen molar-refractivity contribution < 1.29 is 0 Å². The summed E-state index contributed by atoms with van der Waals surface area (Å²) in [5, 5.41) is 0. The first kappa shape index (κ1) is 7.37. The summed E-state index contributed by atoms with van der Waals surface area (Å²) >= 11 is 0. The fraction of sp³-hybridized carbons (Fsp3) is 1.00. The molecule has 0 aromatic heterocycles. The molecule has 2 aliphatic carbocycles. The van der Waals surface area contributed by atoms with E-state index in [4.69, 9.17) is 0 Å². The molecule has 2 saturated carbocycles. The van der Waals surface area contributed by atoms with Gasteiger partial charge in [0, 0.05) is 11.6 Å². The Bertz CT molecular complexity index is 179. The Morgan fingerprint density at radius 2 is 1.67 bits per heavy atom. The Hall–Kier alpha value is -0.0400. The highest BCUT2D eigenvalue weighted by Crippen LogP contribution is 2.48. The third kappa shape index (κ3) is 0.953. The van der Waals surface area contributed by atoms with Gasteiger partial charge in [0.15, 0.2) is 0 Å². The van der Waals surface area contributed by atoms with Crippen LogP contribution in [0, 0.1) is 0 Å². The zero-order valence-electron chi connectivity index (χ0n) is 7.89. The number of piperidine rings is 1. The van der Waals surface area contributed by atoms with Crippen molar-refractivity contribution in [1.82, 2.24) is 4.90 Å². The van der Waals surface area contributed by atoms with Gasteiger partial charge in [-0.25, -0.2) is 0 Å². The molecule has 68 valence electrons. The molecule has 0 aromatic carbocycles. The first-order valence-electron chi connectivity index (χ1n) is 5.68. The van der Waals surface area contributed by atoms with Crippen LogP contribution < -0.4 is 0 Å². The molecule has 12 heavy (non-hydrogen) atoms. The molecule has 0 aromatic rings. The van der Waals surface area contributed by atoms with Gasteiger partial charge >= 0.3 is 0 Å². The van der Waals surface area contributed by atoms with E-state index in [1.165, 1.54) is 57.9 Å². The van der Waals surface area contributed by atoms with Gasteiger partial charge < -0.3 is 0 Å². The van der Waals surface area contributed by atoms with Crippen LogP contribution in [0.1, 0.15) is 51.4 Å². The van der Waals surface area contributed by atoms with Gasteiger partial charge in [-0.2, -0.15) is 0 Å². The van der Waals surface area contributed by atoms with Gasteiger partial charge in [0.1, 0.15) is 0 Å². The van der Waals surface area contributed by atoms with Gasteiger partial charge in [0.05, 0.1) is 0 Å². The third-order valence-electron chi connectivity index (χ3n) is 4.17. The molecule has 1 heteroatoms. The van der Waals surface area contributed by atoms with Crippen LogP contribution in [0.15, 0.2) is 0 Å². The lowest BCUT2D eigenvalue weighted by Gasteiger charge is -2.53. The highest BCUT2D eigenvalue weighted by Gasteiger charge is 2.48. The molecule has 1 aliphatic heterocycles. The monoisotopic (exact) mass is 165 g/mol. The van der Waals surface area contributed by atoms with E-state index in [2.05, 4.69) is 4.90 Å². The number of rotatable bonds is 1. The smallest absolute Gasteiger partial charge is 0.0212 e. The molecule has 3 aliphatic rings. The zero-order valence-corrected chi connectivity index (χ0v) is 7.89. The van der Waals surface area contributed by atoms with Crippen molar-refractivity contribution in [2.75, 3.05) is 6.54 Å². The predicted octanol–water partition coefficient (Wildman–Crippen LogP) is 2.56. The average molecular weight is 165 g/mol. The fourth-order valence-corrected chi connectivity index (χ4v) is 3.20. The lowest BCUT2D eigenvalue weighted by Crippen LogP contribution is -2.57. The van der Waals surface area contributed by atoms with Crippen LogP contribution in [0.5, 0.6) is 0 Å². The fourth-order valence-electron chi connectivity index (χ4n) is 3.20. The summed E-state index contributed by atoms with van der Waals surface area (Å²) in [5.41, 5.74) is 0.736. The molecule has 3 rings (SSSR count). The summed E-state index contributed by atoms with van der Waals surface area (Å²) in [6, 6.07) is 1.02. The minimum absolute atomic E-state index is 0.736. The third-order valence-corrected chi connectivity index (χ3v) is 4.17. The molecule has 1 nitrogen and oxygen atoms in total. The second kappa shape index (κ2) is 2.47. The molecule has 0 radical (unpaired) electrons. The van der Waals surface area contributed by atoms with Crippen LogP contribution in [-0.4, -0.2) is 23.0 Å². The van der Waals surface area contributed by atoms with E-state index in [9.17, 15) is 0 Å². The molecular formula is C11H19N. The average Bonchev–Trinajstić information content (AvgIpc) is 2.84. The second-order valence-corrected chi connectivity index (χ2v) is 4.96. The minimum atomic E-state index is 0.736. The molecule has 0 amide bonds. The molecule has 0 N–H and O–H groups in total. The van der Waals surface area contributed by atoms with Gasteiger partial charge in [-0.1, -0.05) is 6.42 Å². The lowest BCUT2D eigenvalue weighted by atomic mass is 9.70. The molecule has 3 fully saturated rings. The molecule has 1 saturated heterocycles. The van der Waals surface area contributed by atoms with Crippen molar-refractivity contribution in [1.29, 1.82) is 0 Å². The number of likely N-dealkylation sites (tertiary alicyclic amines) is 1. The standard InChI is InChI=1S/C11H19N/c1-2-9-12(10-4-5-10)11(6-1)7-3-8-11/h10H,1-9H2. The Labute approximate surface area is 75.1 Å². The van der Waals surface area contributed by atoms with E-state index in [1.807, 2.05) is 0 Å². The summed E-state index contributed by atoms with van der Waals surface area (Å²) in [4.78, 5) is 2.88. The number of nitrogens with zero attached hydrogens (tertiary/aromatic N) is 1. The van der Waals surface area contributed by atoms with Crippen molar-refractivity contribution in [3.05, 3.63) is 0 Å². The zero-order chi connectivity index (χ0) is 8.02. The van der Waals surface area contributed by atoms with E-state index in [1.54, 1.807) is 0 Å². The molecule has 0 atom stereocenters. The molecule has 1 heterocycles. The van der Waals surface area contributed by atoms with Crippen LogP contribution in [0.2, 0.25) is 0 Å². The molecule has 0 bridgehead atoms. The maximum atomic E-state index is 2.88. The number of hydrogen-bond acceptors (Lipinski definition) is 1. The van der Waals surface area contributed by atoms with E-state index < -0.39 is 0 Å². The van der Waals surface area contributed by atoms with E-state index in [0.717, 1.165) is 11.6 Å². The van der Waals surface area contributed by atoms with Crippen molar-refractivity contribution in [3.8, 4) is 0 Å². The number of hydrogen-bond donors (Lipinski definition) is 0. The highest BCUT2D eigenvalue weighted by molar-refractivity contribution is 5.04. The van der Waals surface area contributed by atoms with Crippen LogP contribution in [0.3, 0.4) is 0 Å². The summed E-state index contributed by atoms with van der Waals surface area (Å²) in [7, 11) is 0. The summed E-state index contributed by atoms with van der Waals surface area (Å²) in [6.45, 7) is 1.42. The van der Waals surface area contributed by atoms with Gasteiger partial charge in [-0.3, -0.25) is 4.90 Å². The molecule has 1 spiro atoms. The quantitative estimate of drug-likeness (QED) is 0.577. The first-order valence-corrected chi connectivity index (χ1v) is 5.68. The molecule has 0 unspecified atom stereocenters. The first-order chi connectivity index (χ1) is 5.91. The normalized spacial score (nSPS) is 35.0. The van der Waals surface area contributed by atoms with Crippen molar-refractivity contribution >= 4 is 0 Å². The van der Waals surface area contributed by atoms with Gasteiger partial charge in [-0.05, 0) is 51.5 Å². The maximum absolute atomic E-state index is 2.88. The SMILES string of the molecule is C1CCC2(CCC2)N(C2CC2)C1. The Kier molecular flexibility index (Phi) is 1.52. The topological polar surface area (TPSA) is 3.24 Å². The van der Waals surface area contributed by atoms with E-state index >= 15 is 0 Å². The summed E-state index contributed by atoms with van der Waals surface area (Å²) in [6.07, 6.45) is 12.0. The predicted molar refractivity (Wildman–Crippen MR) is 50.2 cm³/mol. The Morgan fingerprint density at radius 1 is 0.917 bits per heavy atom. The van der Waals surface area contributed by atoms with Crippen LogP contribution in [0.4, 0.5) is 0 Å². The van der Waals surface area contributed by atoms with Crippen molar-refractivity contribution in [3.63, 3.8) is 0 Å². The molecular weight excluding hydrogens is 146 g/mol. The van der Waals surface area contributed by atoms with Crippen LogP contribution in [0.25, 0.3) is 0 Å². The minimum Gasteiger partial charge on any atom is -0.295 e. The maximum Gasteiger partial charge on any atom is 0.0212 e. The van der Waals surface area contributed by atoms with Gasteiger partial charge in [-0.15, -0.1) is 0 Å². The van der Waals surface area contributed by atoms with Crippen molar-refractivity contribution in [2.24, 2.45) is 0 Å². The van der Waals surface area contributed by atoms with E-state index in [-0.39, 0.29) is 0 Å².